The van der Waals surface area contributed by atoms with Crippen molar-refractivity contribution in [2.45, 2.75) is 6.92 Å². The molecule has 0 spiro atoms. The van der Waals surface area contributed by atoms with Crippen molar-refractivity contribution in [3.63, 3.8) is 0 Å². The molecule has 1 saturated heterocycles. The topological polar surface area (TPSA) is 119 Å². The number of nitrogens with zero attached hydrogens (tertiary/aromatic N) is 2. The lowest BCUT2D eigenvalue weighted by atomic mass is 10.1. The van der Waals surface area contributed by atoms with E-state index in [0.29, 0.717) is 28.5 Å². The molecule has 1 amide bonds. The minimum absolute atomic E-state index is 0.145. The van der Waals surface area contributed by atoms with E-state index in [9.17, 15) is 19.7 Å². The van der Waals surface area contributed by atoms with E-state index in [2.05, 4.69) is 0 Å². The molecule has 11 heteroatoms. The molecule has 0 aliphatic carbocycles. The summed E-state index contributed by atoms with van der Waals surface area (Å²) >= 11 is 6.38. The summed E-state index contributed by atoms with van der Waals surface area (Å²) < 4.78 is 11.0. The number of anilines is 1. The smallest absolute Gasteiger partial charge is 0.341 e. The maximum absolute atomic E-state index is 12.9. The highest BCUT2D eigenvalue weighted by Crippen LogP contribution is 2.38. The van der Waals surface area contributed by atoms with Crippen molar-refractivity contribution in [2.75, 3.05) is 18.1 Å². The summed E-state index contributed by atoms with van der Waals surface area (Å²) in [6, 6.07) is 10.5. The van der Waals surface area contributed by atoms with Crippen LogP contribution >= 0.6 is 24.0 Å². The minimum atomic E-state index is -1.11. The van der Waals surface area contributed by atoms with Crippen LogP contribution in [0.4, 0.5) is 11.4 Å². The van der Waals surface area contributed by atoms with Crippen molar-refractivity contribution in [1.29, 1.82) is 0 Å². The lowest BCUT2D eigenvalue weighted by molar-refractivity contribution is -0.384. The first-order chi connectivity index (χ1) is 14.8. The van der Waals surface area contributed by atoms with Crippen LogP contribution in [-0.4, -0.2) is 39.4 Å². The number of carboxylic acids is 1. The summed E-state index contributed by atoms with van der Waals surface area (Å²) in [4.78, 5) is 35.7. The number of aliphatic carboxylic acids is 1. The Kier molecular flexibility index (Phi) is 6.88. The monoisotopic (exact) mass is 460 g/mol. The van der Waals surface area contributed by atoms with Crippen LogP contribution in [-0.2, 0) is 9.59 Å². The fourth-order valence-electron chi connectivity index (χ4n) is 2.73. The second-order valence-corrected chi connectivity index (χ2v) is 7.79. The Morgan fingerprint density at radius 2 is 2.03 bits per heavy atom. The molecule has 1 N–H and O–H groups in total. The van der Waals surface area contributed by atoms with Crippen molar-refractivity contribution < 1.29 is 29.1 Å². The van der Waals surface area contributed by atoms with Crippen LogP contribution in [0.2, 0.25) is 0 Å². The van der Waals surface area contributed by atoms with Gasteiger partial charge >= 0.3 is 5.97 Å². The first-order valence-electron chi connectivity index (χ1n) is 8.94. The normalized spacial score (nSPS) is 14.7. The number of nitro groups is 1. The Morgan fingerprint density at radius 1 is 1.26 bits per heavy atom. The molecule has 2 aromatic rings. The highest BCUT2D eigenvalue weighted by atomic mass is 32.2. The third-order valence-corrected chi connectivity index (χ3v) is 5.31. The summed E-state index contributed by atoms with van der Waals surface area (Å²) in [5.41, 5.74) is 0.784. The first kappa shape index (κ1) is 22.2. The molecule has 160 valence electrons. The van der Waals surface area contributed by atoms with E-state index in [0.717, 1.165) is 11.8 Å². The van der Waals surface area contributed by atoms with E-state index >= 15 is 0 Å². The summed E-state index contributed by atoms with van der Waals surface area (Å²) in [5, 5.41) is 19.8. The van der Waals surface area contributed by atoms with Crippen molar-refractivity contribution in [2.24, 2.45) is 0 Å². The van der Waals surface area contributed by atoms with Crippen LogP contribution in [0.1, 0.15) is 12.5 Å². The highest BCUT2D eigenvalue weighted by molar-refractivity contribution is 8.27. The van der Waals surface area contributed by atoms with Gasteiger partial charge < -0.3 is 14.6 Å². The zero-order valence-corrected chi connectivity index (χ0v) is 17.8. The maximum atomic E-state index is 12.9. The first-order valence-corrected chi connectivity index (χ1v) is 10.2. The van der Waals surface area contributed by atoms with Gasteiger partial charge in [-0.1, -0.05) is 36.1 Å². The molecule has 0 unspecified atom stereocenters. The van der Waals surface area contributed by atoms with Crippen molar-refractivity contribution in [3.05, 3.63) is 63.0 Å². The van der Waals surface area contributed by atoms with Crippen molar-refractivity contribution in [1.82, 2.24) is 0 Å². The number of amides is 1. The average molecular weight is 460 g/mol. The number of ether oxygens (including phenoxy) is 2. The highest BCUT2D eigenvalue weighted by Gasteiger charge is 2.34. The quantitative estimate of drug-likeness (QED) is 0.271. The zero-order chi connectivity index (χ0) is 22.5. The number of carbonyl (C=O) groups excluding carboxylic acids is 1. The Hall–Kier alpha value is -3.44. The van der Waals surface area contributed by atoms with Gasteiger partial charge in [-0.15, -0.1) is 0 Å². The van der Waals surface area contributed by atoms with E-state index < -0.39 is 23.4 Å². The lowest BCUT2D eigenvalue weighted by Gasteiger charge is -2.14. The van der Waals surface area contributed by atoms with E-state index in [1.54, 1.807) is 37.3 Å². The molecule has 0 atom stereocenters. The molecule has 9 nitrogen and oxygen atoms in total. The number of hydrogen-bond donors (Lipinski definition) is 1. The van der Waals surface area contributed by atoms with Crippen molar-refractivity contribution >= 4 is 57.6 Å². The fraction of sp³-hybridized carbons (Fsp3) is 0.150. The standard InChI is InChI=1S/C20H16N2O7S2/c1-2-28-16-8-12(6-7-15(16)29-11-18(23)24)9-17-19(25)21(20(30)31-17)13-4-3-5-14(10-13)22(26)27/h3-10H,2,11H2,1H3,(H,23,24)/b17-9-. The van der Waals surface area contributed by atoms with Gasteiger partial charge in [0.2, 0.25) is 0 Å². The van der Waals surface area contributed by atoms with Crippen LogP contribution in [0.15, 0.2) is 47.4 Å². The lowest BCUT2D eigenvalue weighted by Crippen LogP contribution is -2.27. The van der Waals surface area contributed by atoms with Gasteiger partial charge in [-0.25, -0.2) is 4.79 Å². The third-order valence-electron chi connectivity index (χ3n) is 4.01. The number of hydrogen-bond acceptors (Lipinski definition) is 8. The number of thioether (sulfide) groups is 1. The average Bonchev–Trinajstić information content (AvgIpc) is 3.00. The molecular weight excluding hydrogens is 444 g/mol. The Bertz CT molecular complexity index is 1100. The summed E-state index contributed by atoms with van der Waals surface area (Å²) in [6.07, 6.45) is 1.61. The molecule has 0 bridgehead atoms. The molecular formula is C20H16N2O7S2. The van der Waals surface area contributed by atoms with Gasteiger partial charge in [0.25, 0.3) is 11.6 Å². The number of non-ortho nitro benzene ring substituents is 1. The number of carbonyl (C=O) groups is 2. The molecule has 1 fully saturated rings. The van der Waals surface area contributed by atoms with E-state index in [1.165, 1.54) is 23.1 Å². The Morgan fingerprint density at radius 3 is 2.71 bits per heavy atom. The number of carboxylic acid groups (broad SMARTS) is 1. The molecule has 2 aromatic carbocycles. The van der Waals surface area contributed by atoms with Gasteiger partial charge in [-0.3, -0.25) is 19.8 Å². The second-order valence-electron chi connectivity index (χ2n) is 6.12. The van der Waals surface area contributed by atoms with Gasteiger partial charge in [0.15, 0.2) is 22.4 Å². The predicted molar refractivity (Wildman–Crippen MR) is 119 cm³/mol. The summed E-state index contributed by atoms with van der Waals surface area (Å²) in [6.45, 7) is 1.60. The van der Waals surface area contributed by atoms with Crippen LogP contribution < -0.4 is 14.4 Å². The largest absolute Gasteiger partial charge is 0.490 e. The van der Waals surface area contributed by atoms with Crippen LogP contribution in [0.25, 0.3) is 6.08 Å². The Balaban J connectivity index is 1.88. The fourth-order valence-corrected chi connectivity index (χ4v) is 4.03. The SMILES string of the molecule is CCOc1cc(/C=C2\SC(=S)N(c3cccc([N+](=O)[O-])c3)C2=O)ccc1OCC(=O)O. The zero-order valence-electron chi connectivity index (χ0n) is 16.1. The van der Waals surface area contributed by atoms with Gasteiger partial charge in [-0.05, 0) is 36.8 Å². The molecule has 0 aromatic heterocycles. The summed E-state index contributed by atoms with van der Waals surface area (Å²) in [5.74, 6) is -0.909. The predicted octanol–water partition coefficient (Wildman–Crippen LogP) is 3.86. The number of rotatable bonds is 8. The molecule has 1 heterocycles. The molecule has 0 radical (unpaired) electrons. The van der Waals surface area contributed by atoms with Gasteiger partial charge in [-0.2, -0.15) is 0 Å². The van der Waals surface area contributed by atoms with Crippen LogP contribution in [0.5, 0.6) is 11.5 Å². The van der Waals surface area contributed by atoms with E-state index in [1.807, 2.05) is 0 Å². The molecule has 3 rings (SSSR count). The van der Waals surface area contributed by atoms with Gasteiger partial charge in [0, 0.05) is 12.1 Å². The second kappa shape index (κ2) is 9.58. The number of benzene rings is 2. The molecule has 1 aliphatic rings. The number of nitro benzene ring substituents is 1. The van der Waals surface area contributed by atoms with E-state index in [4.69, 9.17) is 26.8 Å². The molecule has 1 aliphatic heterocycles. The molecule has 0 saturated carbocycles. The van der Waals surface area contributed by atoms with Crippen molar-refractivity contribution in [3.8, 4) is 11.5 Å². The van der Waals surface area contributed by atoms with Gasteiger partial charge in [0.1, 0.15) is 0 Å². The minimum Gasteiger partial charge on any atom is -0.490 e. The van der Waals surface area contributed by atoms with Gasteiger partial charge in [0.05, 0.1) is 22.1 Å². The summed E-state index contributed by atoms with van der Waals surface area (Å²) in [7, 11) is 0. The van der Waals surface area contributed by atoms with E-state index in [-0.39, 0.29) is 15.8 Å². The van der Waals surface area contributed by atoms with Crippen LogP contribution in [0.3, 0.4) is 0 Å². The number of thiocarbonyl (C=S) groups is 1. The molecule has 31 heavy (non-hydrogen) atoms. The third kappa shape index (κ3) is 5.19. The maximum Gasteiger partial charge on any atom is 0.341 e. The Labute approximate surface area is 186 Å². The van der Waals surface area contributed by atoms with Crippen LogP contribution in [0, 0.1) is 10.1 Å².